The molecule has 168 valence electrons. The Kier molecular flexibility index (Phi) is 10.7. The van der Waals surface area contributed by atoms with Gasteiger partial charge in [0, 0.05) is 6.42 Å². The maximum Gasteiger partial charge on any atom is 0.323 e. The van der Waals surface area contributed by atoms with Crippen molar-refractivity contribution in [1.82, 2.24) is 14.9 Å². The number of nitrogens with zero attached hydrogens (tertiary/aromatic N) is 1. The maximum absolute atomic E-state index is 12.6. The van der Waals surface area contributed by atoms with Crippen molar-refractivity contribution >= 4 is 27.8 Å². The second-order valence-corrected chi connectivity index (χ2v) is 9.59. The summed E-state index contributed by atoms with van der Waals surface area (Å²) in [4.78, 5) is 37.0. The number of imide groups is 1. The number of nitrogens with one attached hydrogen (secondary N) is 2. The summed E-state index contributed by atoms with van der Waals surface area (Å²) in [6, 6.07) is -1.63. The first-order valence-corrected chi connectivity index (χ1v) is 11.6. The van der Waals surface area contributed by atoms with Gasteiger partial charge in [0.05, 0.1) is 18.3 Å². The molecule has 0 aromatic heterocycles. The zero-order valence-electron chi connectivity index (χ0n) is 17.2. The van der Waals surface area contributed by atoms with Crippen LogP contribution in [-0.2, 0) is 24.4 Å². The number of carboxylic acid groups (broad SMARTS) is 1. The topological polar surface area (TPSA) is 159 Å². The fourth-order valence-corrected chi connectivity index (χ4v) is 4.43. The maximum atomic E-state index is 12.6. The fraction of sp³-hybridized carbons (Fsp3) is 0.833. The summed E-state index contributed by atoms with van der Waals surface area (Å²) in [7, 11) is -3.91. The third-order valence-electron chi connectivity index (χ3n) is 5.31. The number of sulfonamides is 1. The molecule has 11 heteroatoms. The van der Waals surface area contributed by atoms with Crippen molar-refractivity contribution in [2.75, 3.05) is 26.2 Å². The monoisotopic (exact) mass is 434 g/mol. The van der Waals surface area contributed by atoms with Gasteiger partial charge in [-0.15, -0.1) is 0 Å². The van der Waals surface area contributed by atoms with Crippen molar-refractivity contribution in [2.45, 2.75) is 63.7 Å². The number of rotatable bonds is 12. The highest BCUT2D eigenvalue weighted by Gasteiger charge is 2.32. The molecule has 0 spiro atoms. The van der Waals surface area contributed by atoms with Crippen LogP contribution >= 0.6 is 0 Å². The summed E-state index contributed by atoms with van der Waals surface area (Å²) in [5.74, 6) is -2.21. The molecule has 1 aliphatic heterocycles. The predicted octanol–water partition coefficient (Wildman–Crippen LogP) is -0.359. The first-order chi connectivity index (χ1) is 13.6. The standard InChI is InChI=1S/C18H34N4O6S/c1-3-13(2)29(27,28)21-15(18(25)26)12-22(17(24)11-19)16(23)6-4-5-14-7-9-20-10-8-14/h13-15,20-21H,3-12,19H2,1-2H3,(H,25,26)/t13?,15-/m0/s1. The number of hydrogen-bond acceptors (Lipinski definition) is 7. The number of piperidine rings is 1. The summed E-state index contributed by atoms with van der Waals surface area (Å²) >= 11 is 0. The molecule has 10 nitrogen and oxygen atoms in total. The average molecular weight is 435 g/mol. The lowest BCUT2D eigenvalue weighted by molar-refractivity contribution is -0.146. The van der Waals surface area contributed by atoms with Gasteiger partial charge in [0.1, 0.15) is 6.04 Å². The minimum atomic E-state index is -3.91. The van der Waals surface area contributed by atoms with Crippen LogP contribution < -0.4 is 15.8 Å². The normalized spacial score (nSPS) is 17.5. The molecule has 0 radical (unpaired) electrons. The van der Waals surface area contributed by atoms with E-state index in [0.29, 0.717) is 18.8 Å². The third-order valence-corrected chi connectivity index (χ3v) is 7.32. The van der Waals surface area contributed by atoms with Crippen molar-refractivity contribution in [3.8, 4) is 0 Å². The van der Waals surface area contributed by atoms with E-state index in [1.807, 2.05) is 0 Å². The Labute approximate surface area is 172 Å². The predicted molar refractivity (Wildman–Crippen MR) is 108 cm³/mol. The molecule has 5 N–H and O–H groups in total. The summed E-state index contributed by atoms with van der Waals surface area (Å²) in [6.07, 6.45) is 3.88. The minimum Gasteiger partial charge on any atom is -0.480 e. The van der Waals surface area contributed by atoms with E-state index in [1.54, 1.807) is 6.92 Å². The van der Waals surface area contributed by atoms with Gasteiger partial charge in [-0.3, -0.25) is 19.3 Å². The van der Waals surface area contributed by atoms with Crippen LogP contribution in [0.25, 0.3) is 0 Å². The number of carbonyl (C=O) groups excluding carboxylic acids is 2. The molecule has 1 unspecified atom stereocenters. The van der Waals surface area contributed by atoms with Crippen LogP contribution in [0.2, 0.25) is 0 Å². The summed E-state index contributed by atoms with van der Waals surface area (Å²) < 4.78 is 26.5. The number of hydrogen-bond donors (Lipinski definition) is 4. The molecule has 0 aromatic carbocycles. The van der Waals surface area contributed by atoms with Crippen molar-refractivity contribution in [3.05, 3.63) is 0 Å². The van der Waals surface area contributed by atoms with Gasteiger partial charge in [-0.2, -0.15) is 4.72 Å². The van der Waals surface area contributed by atoms with E-state index in [4.69, 9.17) is 5.73 Å². The highest BCUT2D eigenvalue weighted by Crippen LogP contribution is 2.19. The largest absolute Gasteiger partial charge is 0.480 e. The smallest absolute Gasteiger partial charge is 0.323 e. The molecule has 0 bridgehead atoms. The molecule has 0 aromatic rings. The van der Waals surface area contributed by atoms with Crippen LogP contribution in [0.4, 0.5) is 0 Å². The van der Waals surface area contributed by atoms with Crippen LogP contribution in [0.5, 0.6) is 0 Å². The molecule has 1 saturated heterocycles. The highest BCUT2D eigenvalue weighted by molar-refractivity contribution is 7.90. The van der Waals surface area contributed by atoms with E-state index in [2.05, 4.69) is 10.0 Å². The quantitative estimate of drug-likeness (QED) is 0.324. The zero-order chi connectivity index (χ0) is 22.0. The lowest BCUT2D eigenvalue weighted by atomic mass is 9.92. The van der Waals surface area contributed by atoms with Crippen LogP contribution in [-0.4, -0.2) is 73.7 Å². The first-order valence-electron chi connectivity index (χ1n) is 10.1. The average Bonchev–Trinajstić information content (AvgIpc) is 2.70. The highest BCUT2D eigenvalue weighted by atomic mass is 32.2. The number of carbonyl (C=O) groups is 3. The Morgan fingerprint density at radius 3 is 2.38 bits per heavy atom. The van der Waals surface area contributed by atoms with E-state index >= 15 is 0 Å². The van der Waals surface area contributed by atoms with Gasteiger partial charge in [-0.1, -0.05) is 6.92 Å². The molecule has 29 heavy (non-hydrogen) atoms. The first kappa shape index (κ1) is 25.5. The Hall–Kier alpha value is -1.56. The molecule has 1 aliphatic rings. The van der Waals surface area contributed by atoms with Crippen molar-refractivity contribution in [1.29, 1.82) is 0 Å². The van der Waals surface area contributed by atoms with E-state index < -0.39 is 52.2 Å². The second kappa shape index (κ2) is 12.2. The Morgan fingerprint density at radius 2 is 1.86 bits per heavy atom. The van der Waals surface area contributed by atoms with Crippen LogP contribution in [0.1, 0.15) is 52.4 Å². The van der Waals surface area contributed by atoms with Gasteiger partial charge in [-0.05, 0) is 58.0 Å². The molecule has 1 rings (SSSR count). The molecule has 2 atom stereocenters. The molecular formula is C18H34N4O6S. The van der Waals surface area contributed by atoms with E-state index in [-0.39, 0.29) is 6.42 Å². The molecule has 1 fully saturated rings. The Bertz CT molecular complexity index is 663. The second-order valence-electron chi connectivity index (χ2n) is 7.46. The van der Waals surface area contributed by atoms with Gasteiger partial charge in [-0.25, -0.2) is 8.42 Å². The SMILES string of the molecule is CCC(C)S(=O)(=O)N[C@@H](CN(C(=O)CN)C(=O)CCCC1CCNCC1)C(=O)O. The number of aliphatic carboxylic acids is 1. The van der Waals surface area contributed by atoms with Gasteiger partial charge >= 0.3 is 5.97 Å². The van der Waals surface area contributed by atoms with Crippen LogP contribution in [0.3, 0.4) is 0 Å². The minimum absolute atomic E-state index is 0.0835. The van der Waals surface area contributed by atoms with Gasteiger partial charge < -0.3 is 16.2 Å². The number of carboxylic acids is 1. The molecule has 0 aliphatic carbocycles. The fourth-order valence-electron chi connectivity index (χ4n) is 3.18. The Balaban J connectivity index is 2.76. The Morgan fingerprint density at radius 1 is 1.24 bits per heavy atom. The summed E-state index contributed by atoms with van der Waals surface area (Å²) in [5, 5.41) is 11.9. The molecule has 1 heterocycles. The molecule has 0 saturated carbocycles. The zero-order valence-corrected chi connectivity index (χ0v) is 18.0. The van der Waals surface area contributed by atoms with Crippen LogP contribution in [0, 0.1) is 5.92 Å². The van der Waals surface area contributed by atoms with E-state index in [1.165, 1.54) is 6.92 Å². The number of amides is 2. The van der Waals surface area contributed by atoms with Crippen molar-refractivity contribution in [3.63, 3.8) is 0 Å². The van der Waals surface area contributed by atoms with Gasteiger partial charge in [0.25, 0.3) is 0 Å². The lowest BCUT2D eigenvalue weighted by Gasteiger charge is -2.26. The van der Waals surface area contributed by atoms with Crippen molar-refractivity contribution in [2.24, 2.45) is 11.7 Å². The molecule has 2 amide bonds. The summed E-state index contributed by atoms with van der Waals surface area (Å²) in [6.45, 7) is 3.96. The third kappa shape index (κ3) is 8.37. The van der Waals surface area contributed by atoms with Crippen LogP contribution in [0.15, 0.2) is 0 Å². The number of nitrogens with two attached hydrogens (primary N) is 1. The summed E-state index contributed by atoms with van der Waals surface area (Å²) in [5.41, 5.74) is 5.37. The van der Waals surface area contributed by atoms with E-state index in [9.17, 15) is 27.9 Å². The van der Waals surface area contributed by atoms with E-state index in [0.717, 1.165) is 37.3 Å². The lowest BCUT2D eigenvalue weighted by Crippen LogP contribution is -2.53. The molecular weight excluding hydrogens is 400 g/mol. The van der Waals surface area contributed by atoms with Gasteiger partial charge in [0.15, 0.2) is 0 Å². The van der Waals surface area contributed by atoms with Gasteiger partial charge in [0.2, 0.25) is 21.8 Å². The van der Waals surface area contributed by atoms with Crippen molar-refractivity contribution < 1.29 is 27.9 Å².